The predicted molar refractivity (Wildman–Crippen MR) is 81.4 cm³/mol. The van der Waals surface area contributed by atoms with Crippen LogP contribution in [0.15, 0.2) is 30.3 Å². The van der Waals surface area contributed by atoms with Crippen LogP contribution in [0.2, 0.25) is 0 Å². The van der Waals surface area contributed by atoms with Crippen molar-refractivity contribution in [1.82, 2.24) is 15.5 Å². The third-order valence-electron chi connectivity index (χ3n) is 3.52. The summed E-state index contributed by atoms with van der Waals surface area (Å²) in [6, 6.07) is 11.2. The van der Waals surface area contributed by atoms with Crippen molar-refractivity contribution >= 4 is 5.91 Å². The fraction of sp³-hybridized carbons (Fsp3) is 0.562. The van der Waals surface area contributed by atoms with Gasteiger partial charge in [0.1, 0.15) is 0 Å². The van der Waals surface area contributed by atoms with Crippen molar-refractivity contribution in [3.8, 4) is 0 Å². The topological polar surface area (TPSA) is 44.4 Å². The smallest absolute Gasteiger partial charge is 0.234 e. The Morgan fingerprint density at radius 1 is 1.35 bits per heavy atom. The number of nitrogens with one attached hydrogen (secondary N) is 2. The highest BCUT2D eigenvalue weighted by Crippen LogP contribution is 2.13. The van der Waals surface area contributed by atoms with Crippen molar-refractivity contribution in [3.63, 3.8) is 0 Å². The Hall–Kier alpha value is -1.39. The van der Waals surface area contributed by atoms with Gasteiger partial charge in [0.2, 0.25) is 5.91 Å². The van der Waals surface area contributed by atoms with Gasteiger partial charge in [-0.15, -0.1) is 0 Å². The van der Waals surface area contributed by atoms with Crippen molar-refractivity contribution in [2.45, 2.75) is 38.9 Å². The molecule has 1 unspecified atom stereocenters. The summed E-state index contributed by atoms with van der Waals surface area (Å²) >= 11 is 0. The third kappa shape index (κ3) is 4.94. The SMILES string of the molecule is CC(C)NC(=O)CNC1CCN(Cc2ccccc2)C1. The van der Waals surface area contributed by atoms with Gasteiger partial charge in [-0.1, -0.05) is 30.3 Å². The van der Waals surface area contributed by atoms with Crippen molar-refractivity contribution in [2.75, 3.05) is 19.6 Å². The molecule has 1 fully saturated rings. The Labute approximate surface area is 121 Å². The molecule has 0 bridgehead atoms. The molecule has 110 valence electrons. The van der Waals surface area contributed by atoms with Gasteiger partial charge >= 0.3 is 0 Å². The van der Waals surface area contributed by atoms with Gasteiger partial charge in [0.15, 0.2) is 0 Å². The number of amides is 1. The number of nitrogens with zero attached hydrogens (tertiary/aromatic N) is 1. The number of hydrogen-bond acceptors (Lipinski definition) is 3. The lowest BCUT2D eigenvalue weighted by Gasteiger charge is -2.17. The van der Waals surface area contributed by atoms with Crippen molar-refractivity contribution in [2.24, 2.45) is 0 Å². The monoisotopic (exact) mass is 275 g/mol. The molecule has 1 amide bonds. The van der Waals surface area contributed by atoms with Crippen LogP contribution in [0.5, 0.6) is 0 Å². The molecule has 2 N–H and O–H groups in total. The van der Waals surface area contributed by atoms with E-state index in [2.05, 4.69) is 39.8 Å². The van der Waals surface area contributed by atoms with E-state index in [1.807, 2.05) is 19.9 Å². The lowest BCUT2D eigenvalue weighted by atomic mass is 10.2. The quantitative estimate of drug-likeness (QED) is 0.824. The first-order chi connectivity index (χ1) is 9.63. The molecule has 0 radical (unpaired) electrons. The van der Waals surface area contributed by atoms with Gasteiger partial charge in [-0.25, -0.2) is 0 Å². The Balaban J connectivity index is 1.69. The number of hydrogen-bond donors (Lipinski definition) is 2. The van der Waals surface area contributed by atoms with Crippen LogP contribution in [0.1, 0.15) is 25.8 Å². The van der Waals surface area contributed by atoms with Crippen molar-refractivity contribution in [1.29, 1.82) is 0 Å². The Kier molecular flexibility index (Phi) is 5.56. The predicted octanol–water partition coefficient (Wildman–Crippen LogP) is 1.38. The molecule has 1 aliphatic heterocycles. The zero-order valence-electron chi connectivity index (χ0n) is 12.4. The minimum absolute atomic E-state index is 0.0847. The summed E-state index contributed by atoms with van der Waals surface area (Å²) in [6.45, 7) is 7.49. The molecular weight excluding hydrogens is 250 g/mol. The minimum Gasteiger partial charge on any atom is -0.353 e. The Bertz CT molecular complexity index is 419. The number of likely N-dealkylation sites (tertiary alicyclic amines) is 1. The van der Waals surface area contributed by atoms with Gasteiger partial charge in [-0.2, -0.15) is 0 Å². The molecule has 0 spiro atoms. The number of rotatable bonds is 6. The number of benzene rings is 1. The molecule has 4 heteroatoms. The van der Waals surface area contributed by atoms with Crippen LogP contribution < -0.4 is 10.6 Å². The average molecular weight is 275 g/mol. The standard InChI is InChI=1S/C16H25N3O/c1-13(2)18-16(20)10-17-15-8-9-19(12-15)11-14-6-4-3-5-7-14/h3-7,13,15,17H,8-12H2,1-2H3,(H,18,20). The van der Waals surface area contributed by atoms with Crippen molar-refractivity contribution in [3.05, 3.63) is 35.9 Å². The minimum atomic E-state index is 0.0847. The lowest BCUT2D eigenvalue weighted by molar-refractivity contribution is -0.120. The van der Waals surface area contributed by atoms with Crippen molar-refractivity contribution < 1.29 is 4.79 Å². The molecule has 1 heterocycles. The van der Waals surface area contributed by atoms with E-state index in [4.69, 9.17) is 0 Å². The average Bonchev–Trinajstić information content (AvgIpc) is 2.84. The molecule has 4 nitrogen and oxygen atoms in total. The summed E-state index contributed by atoms with van der Waals surface area (Å²) < 4.78 is 0. The first kappa shape index (κ1) is 15.0. The summed E-state index contributed by atoms with van der Waals surface area (Å²) in [5.74, 6) is 0.0847. The van der Waals surface area contributed by atoms with E-state index < -0.39 is 0 Å². The highest BCUT2D eigenvalue weighted by molar-refractivity contribution is 5.78. The molecule has 1 atom stereocenters. The van der Waals surface area contributed by atoms with Gasteiger partial charge in [-0.3, -0.25) is 9.69 Å². The van der Waals surface area contributed by atoms with Gasteiger partial charge < -0.3 is 10.6 Å². The van der Waals surface area contributed by atoms with Crippen LogP contribution in [0, 0.1) is 0 Å². The van der Waals surface area contributed by atoms with Crippen LogP contribution >= 0.6 is 0 Å². The highest BCUT2D eigenvalue weighted by atomic mass is 16.1. The molecule has 0 aliphatic carbocycles. The maximum atomic E-state index is 11.6. The molecule has 0 aromatic heterocycles. The zero-order valence-corrected chi connectivity index (χ0v) is 12.4. The fourth-order valence-corrected chi connectivity index (χ4v) is 2.59. The van der Waals surface area contributed by atoms with Gasteiger partial charge in [0.25, 0.3) is 0 Å². The van der Waals surface area contributed by atoms with E-state index in [1.165, 1.54) is 5.56 Å². The van der Waals surface area contributed by atoms with E-state index in [-0.39, 0.29) is 11.9 Å². The normalized spacial score (nSPS) is 19.4. The Morgan fingerprint density at radius 3 is 2.80 bits per heavy atom. The summed E-state index contributed by atoms with van der Waals surface area (Å²) in [5.41, 5.74) is 1.35. The number of carbonyl (C=O) groups is 1. The molecule has 1 aromatic carbocycles. The first-order valence-corrected chi connectivity index (χ1v) is 7.42. The molecular formula is C16H25N3O. The second-order valence-corrected chi connectivity index (χ2v) is 5.81. The van der Waals surface area contributed by atoms with Crippen LogP contribution in [0.3, 0.4) is 0 Å². The Morgan fingerprint density at radius 2 is 2.10 bits per heavy atom. The molecule has 1 saturated heterocycles. The largest absolute Gasteiger partial charge is 0.353 e. The fourth-order valence-electron chi connectivity index (χ4n) is 2.59. The van der Waals surface area contributed by atoms with Gasteiger partial charge in [0, 0.05) is 31.7 Å². The van der Waals surface area contributed by atoms with Crippen LogP contribution in [0.25, 0.3) is 0 Å². The summed E-state index contributed by atoms with van der Waals surface area (Å²) in [6.07, 6.45) is 1.11. The van der Waals surface area contributed by atoms with E-state index in [0.717, 1.165) is 26.1 Å². The molecule has 0 saturated carbocycles. The maximum Gasteiger partial charge on any atom is 0.234 e. The summed E-state index contributed by atoms with van der Waals surface area (Å²) in [4.78, 5) is 14.0. The second kappa shape index (κ2) is 7.41. The van der Waals surface area contributed by atoms with E-state index in [1.54, 1.807) is 0 Å². The van der Waals surface area contributed by atoms with Crippen LogP contribution in [-0.2, 0) is 11.3 Å². The van der Waals surface area contributed by atoms with Gasteiger partial charge in [-0.05, 0) is 25.8 Å². The van der Waals surface area contributed by atoms with E-state index in [9.17, 15) is 4.79 Å². The van der Waals surface area contributed by atoms with E-state index >= 15 is 0 Å². The zero-order chi connectivity index (χ0) is 14.4. The molecule has 20 heavy (non-hydrogen) atoms. The molecule has 2 rings (SSSR count). The van der Waals surface area contributed by atoms with Gasteiger partial charge in [0.05, 0.1) is 6.54 Å². The third-order valence-corrected chi connectivity index (χ3v) is 3.52. The lowest BCUT2D eigenvalue weighted by Crippen LogP contribution is -2.42. The summed E-state index contributed by atoms with van der Waals surface area (Å²) in [7, 11) is 0. The molecule has 1 aromatic rings. The van der Waals surface area contributed by atoms with Crippen LogP contribution in [-0.4, -0.2) is 42.5 Å². The van der Waals surface area contributed by atoms with E-state index in [0.29, 0.717) is 12.6 Å². The maximum absolute atomic E-state index is 11.6. The summed E-state index contributed by atoms with van der Waals surface area (Å²) in [5, 5.41) is 6.25. The second-order valence-electron chi connectivity index (χ2n) is 5.81. The highest BCUT2D eigenvalue weighted by Gasteiger charge is 2.22. The van der Waals surface area contributed by atoms with Crippen LogP contribution in [0.4, 0.5) is 0 Å². The number of carbonyl (C=O) groups excluding carboxylic acids is 1. The molecule has 1 aliphatic rings. The first-order valence-electron chi connectivity index (χ1n) is 7.42.